The molecule has 2 aromatic carbocycles. The van der Waals surface area contributed by atoms with Crippen molar-refractivity contribution in [1.82, 2.24) is 0 Å². The number of rotatable bonds is 3. The third-order valence-electron chi connectivity index (χ3n) is 2.55. The highest BCUT2D eigenvalue weighted by Gasteiger charge is 2.05. The predicted molar refractivity (Wildman–Crippen MR) is 85.8 cm³/mol. The van der Waals surface area contributed by atoms with E-state index >= 15 is 0 Å². The Kier molecular flexibility index (Phi) is 4.61. The molecule has 0 unspecified atom stereocenters. The van der Waals surface area contributed by atoms with Crippen LogP contribution in [0.2, 0.25) is 0 Å². The standard InChI is InChI=1S/C14H12Br2N2O/c1-9(13-7-4-11(16)8-14(13)19)17-18-12-5-2-10(15)3-6-12/h2-8,18-19H,1H3/b17-9+. The molecule has 0 bridgehead atoms. The van der Waals surface area contributed by atoms with Gasteiger partial charge in [-0.05, 0) is 49.4 Å². The molecular weight excluding hydrogens is 372 g/mol. The van der Waals surface area contributed by atoms with E-state index < -0.39 is 0 Å². The summed E-state index contributed by atoms with van der Waals surface area (Å²) in [4.78, 5) is 0. The average Bonchev–Trinajstić information content (AvgIpc) is 2.37. The number of aromatic hydroxyl groups is 1. The van der Waals surface area contributed by atoms with Crippen LogP contribution in [-0.2, 0) is 0 Å². The Bertz CT molecular complexity index is 609. The summed E-state index contributed by atoms with van der Waals surface area (Å²) in [6, 6.07) is 13.0. The molecular formula is C14H12Br2N2O. The number of halogens is 2. The summed E-state index contributed by atoms with van der Waals surface area (Å²) >= 11 is 6.69. The lowest BCUT2D eigenvalue weighted by Crippen LogP contribution is -2.00. The summed E-state index contributed by atoms with van der Waals surface area (Å²) in [7, 11) is 0. The highest BCUT2D eigenvalue weighted by Crippen LogP contribution is 2.23. The van der Waals surface area contributed by atoms with Crippen molar-refractivity contribution >= 4 is 43.3 Å². The smallest absolute Gasteiger partial charge is 0.125 e. The van der Waals surface area contributed by atoms with E-state index in [4.69, 9.17) is 0 Å². The van der Waals surface area contributed by atoms with Crippen molar-refractivity contribution in [2.75, 3.05) is 5.43 Å². The summed E-state index contributed by atoms with van der Waals surface area (Å²) < 4.78 is 1.85. The number of anilines is 1. The molecule has 0 aliphatic rings. The van der Waals surface area contributed by atoms with E-state index in [0.717, 1.165) is 14.6 Å². The molecule has 0 heterocycles. The topological polar surface area (TPSA) is 44.6 Å². The van der Waals surface area contributed by atoms with Gasteiger partial charge in [0.25, 0.3) is 0 Å². The second-order valence-corrected chi connectivity index (χ2v) is 5.81. The van der Waals surface area contributed by atoms with Crippen LogP contribution in [0.3, 0.4) is 0 Å². The second-order valence-electron chi connectivity index (χ2n) is 3.98. The van der Waals surface area contributed by atoms with Gasteiger partial charge in [-0.2, -0.15) is 5.10 Å². The quantitative estimate of drug-likeness (QED) is 0.593. The first-order chi connectivity index (χ1) is 9.06. The van der Waals surface area contributed by atoms with Crippen LogP contribution in [0.1, 0.15) is 12.5 Å². The van der Waals surface area contributed by atoms with Crippen LogP contribution in [-0.4, -0.2) is 10.8 Å². The minimum atomic E-state index is 0.202. The zero-order valence-electron chi connectivity index (χ0n) is 10.2. The van der Waals surface area contributed by atoms with Gasteiger partial charge >= 0.3 is 0 Å². The molecule has 0 spiro atoms. The molecule has 0 fully saturated rings. The predicted octanol–water partition coefficient (Wildman–Crippen LogP) is 4.75. The van der Waals surface area contributed by atoms with E-state index in [1.807, 2.05) is 43.3 Å². The van der Waals surface area contributed by atoms with Gasteiger partial charge in [-0.25, -0.2) is 0 Å². The number of nitrogens with one attached hydrogen (secondary N) is 1. The summed E-state index contributed by atoms with van der Waals surface area (Å²) in [5.41, 5.74) is 5.26. The van der Waals surface area contributed by atoms with Crippen molar-refractivity contribution in [3.05, 3.63) is 57.0 Å². The van der Waals surface area contributed by atoms with Gasteiger partial charge in [-0.3, -0.25) is 5.43 Å². The molecule has 3 nitrogen and oxygen atoms in total. The minimum Gasteiger partial charge on any atom is -0.507 e. The number of hydrazone groups is 1. The number of benzene rings is 2. The van der Waals surface area contributed by atoms with Crippen molar-refractivity contribution in [1.29, 1.82) is 0 Å². The van der Waals surface area contributed by atoms with Crippen molar-refractivity contribution in [2.45, 2.75) is 6.92 Å². The fourth-order valence-corrected chi connectivity index (χ4v) is 2.16. The summed E-state index contributed by atoms with van der Waals surface area (Å²) in [6.45, 7) is 1.84. The fraction of sp³-hybridized carbons (Fsp3) is 0.0714. The normalized spacial score (nSPS) is 11.4. The van der Waals surface area contributed by atoms with E-state index in [9.17, 15) is 5.11 Å². The second kappa shape index (κ2) is 6.21. The highest BCUT2D eigenvalue weighted by molar-refractivity contribution is 9.10. The molecule has 2 rings (SSSR count). The number of phenols is 1. The van der Waals surface area contributed by atoms with Crippen molar-refractivity contribution in [3.8, 4) is 5.75 Å². The molecule has 98 valence electrons. The van der Waals surface area contributed by atoms with Gasteiger partial charge in [0.15, 0.2) is 0 Å². The number of hydrogen-bond donors (Lipinski definition) is 2. The number of nitrogens with zero attached hydrogens (tertiary/aromatic N) is 1. The number of hydrogen-bond acceptors (Lipinski definition) is 3. The molecule has 2 N–H and O–H groups in total. The fourth-order valence-electron chi connectivity index (χ4n) is 1.54. The lowest BCUT2D eigenvalue weighted by molar-refractivity contribution is 0.474. The molecule has 0 atom stereocenters. The maximum atomic E-state index is 9.85. The van der Waals surface area contributed by atoms with Gasteiger partial charge in [0, 0.05) is 14.5 Å². The Morgan fingerprint density at radius 3 is 2.32 bits per heavy atom. The van der Waals surface area contributed by atoms with Crippen molar-refractivity contribution < 1.29 is 5.11 Å². The molecule has 0 saturated heterocycles. The maximum absolute atomic E-state index is 9.85. The van der Waals surface area contributed by atoms with Crippen LogP contribution in [0.25, 0.3) is 0 Å². The molecule has 0 aliphatic heterocycles. The first kappa shape index (κ1) is 14.1. The van der Waals surface area contributed by atoms with Gasteiger partial charge in [0.2, 0.25) is 0 Å². The Morgan fingerprint density at radius 1 is 1.05 bits per heavy atom. The zero-order chi connectivity index (χ0) is 13.8. The molecule has 19 heavy (non-hydrogen) atoms. The number of phenolic OH excluding ortho intramolecular Hbond substituents is 1. The molecule has 0 radical (unpaired) electrons. The summed E-state index contributed by atoms with van der Waals surface area (Å²) in [5.74, 6) is 0.202. The molecule has 0 aliphatic carbocycles. The van der Waals surface area contributed by atoms with Gasteiger partial charge in [-0.15, -0.1) is 0 Å². The Balaban J connectivity index is 2.16. The van der Waals surface area contributed by atoms with Crippen LogP contribution in [0.4, 0.5) is 5.69 Å². The lowest BCUT2D eigenvalue weighted by atomic mass is 10.1. The molecule has 0 aromatic heterocycles. The van der Waals surface area contributed by atoms with Gasteiger partial charge < -0.3 is 5.11 Å². The lowest BCUT2D eigenvalue weighted by Gasteiger charge is -2.06. The van der Waals surface area contributed by atoms with Crippen LogP contribution >= 0.6 is 31.9 Å². The highest BCUT2D eigenvalue weighted by atomic mass is 79.9. The van der Waals surface area contributed by atoms with E-state index in [1.165, 1.54) is 0 Å². The first-order valence-corrected chi connectivity index (χ1v) is 7.19. The van der Waals surface area contributed by atoms with E-state index in [0.29, 0.717) is 11.3 Å². The first-order valence-electron chi connectivity index (χ1n) is 5.61. The van der Waals surface area contributed by atoms with E-state index in [2.05, 4.69) is 42.4 Å². The zero-order valence-corrected chi connectivity index (χ0v) is 13.4. The summed E-state index contributed by atoms with van der Waals surface area (Å²) in [6.07, 6.45) is 0. The molecule has 0 saturated carbocycles. The summed E-state index contributed by atoms with van der Waals surface area (Å²) in [5, 5.41) is 14.1. The van der Waals surface area contributed by atoms with Crippen LogP contribution in [0.15, 0.2) is 56.5 Å². The Labute approximate surface area is 128 Å². The third-order valence-corrected chi connectivity index (χ3v) is 3.57. The van der Waals surface area contributed by atoms with E-state index in [-0.39, 0.29) is 5.75 Å². The van der Waals surface area contributed by atoms with Crippen LogP contribution < -0.4 is 5.43 Å². The minimum absolute atomic E-state index is 0.202. The molecule has 0 amide bonds. The van der Waals surface area contributed by atoms with Crippen molar-refractivity contribution in [3.63, 3.8) is 0 Å². The SMILES string of the molecule is C/C(=N\Nc1ccc(Br)cc1)c1ccc(Br)cc1O. The maximum Gasteiger partial charge on any atom is 0.125 e. The van der Waals surface area contributed by atoms with Crippen molar-refractivity contribution in [2.24, 2.45) is 5.10 Å². The van der Waals surface area contributed by atoms with Gasteiger partial charge in [-0.1, -0.05) is 31.9 Å². The third kappa shape index (κ3) is 3.81. The Morgan fingerprint density at radius 2 is 1.68 bits per heavy atom. The molecule has 2 aromatic rings. The largest absolute Gasteiger partial charge is 0.507 e. The average molecular weight is 384 g/mol. The Hall–Kier alpha value is -1.33. The van der Waals surface area contributed by atoms with Gasteiger partial charge in [0.1, 0.15) is 5.75 Å². The molecule has 5 heteroatoms. The monoisotopic (exact) mass is 382 g/mol. The van der Waals surface area contributed by atoms with Crippen LogP contribution in [0, 0.1) is 0 Å². The van der Waals surface area contributed by atoms with E-state index in [1.54, 1.807) is 6.07 Å². The van der Waals surface area contributed by atoms with Gasteiger partial charge in [0.05, 0.1) is 11.4 Å². The van der Waals surface area contributed by atoms with Crippen LogP contribution in [0.5, 0.6) is 5.75 Å².